The molecular weight excluding hydrogens is 450 g/mol. The van der Waals surface area contributed by atoms with Crippen LogP contribution in [0.25, 0.3) is 33.2 Å². The Morgan fingerprint density at radius 2 is 1.82 bits per heavy atom. The average Bonchev–Trinajstić information content (AvgIpc) is 3.36. The number of ketones is 1. The summed E-state index contributed by atoms with van der Waals surface area (Å²) in [4.78, 5) is 16.0. The number of ether oxygens (including phenoxy) is 1. The Balaban J connectivity index is 1.78. The van der Waals surface area contributed by atoms with E-state index in [9.17, 15) is 13.2 Å². The first-order valence-corrected chi connectivity index (χ1v) is 12.2. The summed E-state index contributed by atoms with van der Waals surface area (Å²) in [5.74, 6) is 0.459. The Labute approximate surface area is 197 Å². The fourth-order valence-corrected chi connectivity index (χ4v) is 5.59. The van der Waals surface area contributed by atoms with Gasteiger partial charge in [-0.3, -0.25) is 4.79 Å². The lowest BCUT2D eigenvalue weighted by Gasteiger charge is -2.12. The molecule has 3 heterocycles. The molecule has 34 heavy (non-hydrogen) atoms. The topological polar surface area (TPSA) is 83.2 Å². The molecule has 0 aliphatic carbocycles. The summed E-state index contributed by atoms with van der Waals surface area (Å²) in [5, 5.41) is 1.53. The second kappa shape index (κ2) is 8.14. The number of fused-ring (bicyclic) bond motifs is 2. The molecule has 3 aromatic heterocycles. The van der Waals surface area contributed by atoms with Crippen molar-refractivity contribution in [2.75, 3.05) is 6.61 Å². The Bertz CT molecular complexity index is 1660. The first kappa shape index (κ1) is 21.9. The highest BCUT2D eigenvalue weighted by atomic mass is 32.2. The lowest BCUT2D eigenvalue weighted by molar-refractivity contribution is -0.118. The van der Waals surface area contributed by atoms with E-state index in [1.165, 1.54) is 10.9 Å². The highest BCUT2D eigenvalue weighted by Crippen LogP contribution is 2.37. The van der Waals surface area contributed by atoms with Crippen LogP contribution in [0.4, 0.5) is 0 Å². The minimum Gasteiger partial charge on any atom is -0.486 e. The number of pyridine rings is 1. The van der Waals surface area contributed by atoms with E-state index in [0.29, 0.717) is 22.5 Å². The van der Waals surface area contributed by atoms with E-state index in [1.807, 2.05) is 49.0 Å². The molecule has 0 radical (unpaired) electrons. The molecule has 2 aromatic carbocycles. The largest absolute Gasteiger partial charge is 0.486 e. The van der Waals surface area contributed by atoms with Crippen molar-refractivity contribution in [2.45, 2.75) is 18.7 Å². The molecule has 0 bridgehead atoms. The third kappa shape index (κ3) is 3.66. The SMILES string of the molecule is CC(=O)COc1ccc2c(c1)c(-c1cc3cccnc3n1S(=O)(=O)c1ccc(C)cc1)cn2C. The summed E-state index contributed by atoms with van der Waals surface area (Å²) in [7, 11) is -2.04. The van der Waals surface area contributed by atoms with Gasteiger partial charge in [0.1, 0.15) is 12.4 Å². The lowest BCUT2D eigenvalue weighted by atomic mass is 10.1. The van der Waals surface area contributed by atoms with E-state index >= 15 is 0 Å². The number of hydrogen-bond donors (Lipinski definition) is 0. The van der Waals surface area contributed by atoms with Gasteiger partial charge in [-0.2, -0.15) is 0 Å². The molecule has 5 rings (SSSR count). The van der Waals surface area contributed by atoms with E-state index in [2.05, 4.69) is 4.98 Å². The Hall–Kier alpha value is -3.91. The standard InChI is InChI=1S/C26H23N3O4S/c1-17-6-9-21(10-7-17)34(31,32)29-25(13-19-5-4-12-27-26(19)29)23-15-28(3)24-11-8-20(14-22(23)24)33-16-18(2)30/h4-15H,16H2,1-3H3. The molecule has 0 amide bonds. The highest BCUT2D eigenvalue weighted by Gasteiger charge is 2.26. The van der Waals surface area contributed by atoms with Gasteiger partial charge in [0.25, 0.3) is 10.0 Å². The van der Waals surface area contributed by atoms with Gasteiger partial charge in [-0.1, -0.05) is 17.7 Å². The van der Waals surface area contributed by atoms with Gasteiger partial charge in [0, 0.05) is 41.3 Å². The van der Waals surface area contributed by atoms with E-state index in [-0.39, 0.29) is 17.3 Å². The fraction of sp³-hybridized carbons (Fsp3) is 0.154. The molecule has 0 saturated heterocycles. The molecule has 0 saturated carbocycles. The van der Waals surface area contributed by atoms with Gasteiger partial charge in [-0.05, 0) is 62.4 Å². The minimum atomic E-state index is -3.94. The molecule has 0 aliphatic heterocycles. The molecular formula is C26H23N3O4S. The highest BCUT2D eigenvalue weighted by molar-refractivity contribution is 7.90. The summed E-state index contributed by atoms with van der Waals surface area (Å²) in [6, 6.07) is 17.8. The summed E-state index contributed by atoms with van der Waals surface area (Å²) in [6.07, 6.45) is 3.48. The van der Waals surface area contributed by atoms with Crippen LogP contribution in [0.15, 0.2) is 78.0 Å². The van der Waals surface area contributed by atoms with Crippen molar-refractivity contribution in [1.29, 1.82) is 0 Å². The number of Topliss-reactive ketones (excluding diaryl/α,β-unsaturated/α-hetero) is 1. The fourth-order valence-electron chi connectivity index (χ4n) is 4.11. The number of aromatic nitrogens is 3. The molecule has 0 unspecified atom stereocenters. The summed E-state index contributed by atoms with van der Waals surface area (Å²) < 4.78 is 36.6. The molecule has 7 nitrogen and oxygen atoms in total. The second-order valence-corrected chi connectivity index (χ2v) is 10.1. The third-order valence-corrected chi connectivity index (χ3v) is 7.48. The zero-order chi connectivity index (χ0) is 24.0. The van der Waals surface area contributed by atoms with Crippen LogP contribution in [0, 0.1) is 6.92 Å². The zero-order valence-electron chi connectivity index (χ0n) is 19.0. The number of aryl methyl sites for hydroxylation is 2. The summed E-state index contributed by atoms with van der Waals surface area (Å²) in [5.41, 5.74) is 3.46. The maximum Gasteiger partial charge on any atom is 0.269 e. The summed E-state index contributed by atoms with van der Waals surface area (Å²) in [6.45, 7) is 3.35. The molecule has 0 spiro atoms. The van der Waals surface area contributed by atoms with Crippen LogP contribution in [0.5, 0.6) is 5.75 Å². The number of hydrogen-bond acceptors (Lipinski definition) is 5. The number of carbonyl (C=O) groups excluding carboxylic acids is 1. The number of rotatable bonds is 6. The Morgan fingerprint density at radius 1 is 1.06 bits per heavy atom. The second-order valence-electron chi connectivity index (χ2n) is 8.35. The van der Waals surface area contributed by atoms with Gasteiger partial charge >= 0.3 is 0 Å². The van der Waals surface area contributed by atoms with Crippen LogP contribution in [0.1, 0.15) is 12.5 Å². The van der Waals surface area contributed by atoms with Crippen molar-refractivity contribution in [3.63, 3.8) is 0 Å². The van der Waals surface area contributed by atoms with Crippen molar-refractivity contribution < 1.29 is 17.9 Å². The van der Waals surface area contributed by atoms with Crippen molar-refractivity contribution >= 4 is 37.7 Å². The van der Waals surface area contributed by atoms with Crippen molar-refractivity contribution in [1.82, 2.24) is 13.5 Å². The van der Waals surface area contributed by atoms with E-state index < -0.39 is 10.0 Å². The first-order chi connectivity index (χ1) is 16.3. The molecule has 0 fully saturated rings. The van der Waals surface area contributed by atoms with Crippen LogP contribution in [-0.4, -0.2) is 34.3 Å². The van der Waals surface area contributed by atoms with Crippen LogP contribution in [-0.2, 0) is 21.9 Å². The van der Waals surface area contributed by atoms with Crippen molar-refractivity contribution in [3.05, 3.63) is 78.6 Å². The predicted octanol–water partition coefficient (Wildman–Crippen LogP) is 4.71. The smallest absolute Gasteiger partial charge is 0.269 e. The molecule has 0 atom stereocenters. The van der Waals surface area contributed by atoms with Crippen LogP contribution < -0.4 is 4.74 Å². The predicted molar refractivity (Wildman–Crippen MR) is 132 cm³/mol. The number of benzene rings is 2. The van der Waals surface area contributed by atoms with Gasteiger partial charge in [-0.15, -0.1) is 0 Å². The van der Waals surface area contributed by atoms with Gasteiger partial charge in [0.05, 0.1) is 10.6 Å². The molecule has 5 aromatic rings. The van der Waals surface area contributed by atoms with Gasteiger partial charge in [0.2, 0.25) is 0 Å². The molecule has 8 heteroatoms. The van der Waals surface area contributed by atoms with Crippen LogP contribution in [0.2, 0.25) is 0 Å². The van der Waals surface area contributed by atoms with Crippen molar-refractivity contribution in [3.8, 4) is 17.0 Å². The molecule has 172 valence electrons. The van der Waals surface area contributed by atoms with Crippen LogP contribution in [0.3, 0.4) is 0 Å². The zero-order valence-corrected chi connectivity index (χ0v) is 19.8. The molecule has 0 aliphatic rings. The summed E-state index contributed by atoms with van der Waals surface area (Å²) >= 11 is 0. The molecule has 0 N–H and O–H groups in total. The maximum absolute atomic E-state index is 13.9. The Morgan fingerprint density at radius 3 is 2.56 bits per heavy atom. The lowest BCUT2D eigenvalue weighted by Crippen LogP contribution is -2.14. The maximum atomic E-state index is 13.9. The van der Waals surface area contributed by atoms with Crippen molar-refractivity contribution in [2.24, 2.45) is 7.05 Å². The number of carbonyl (C=O) groups is 1. The first-order valence-electron chi connectivity index (χ1n) is 10.8. The van der Waals surface area contributed by atoms with E-state index in [4.69, 9.17) is 4.74 Å². The monoisotopic (exact) mass is 473 g/mol. The minimum absolute atomic E-state index is 0.0281. The van der Waals surface area contributed by atoms with Crippen LogP contribution >= 0.6 is 0 Å². The quantitative estimate of drug-likeness (QED) is 0.357. The van der Waals surface area contributed by atoms with E-state index in [1.54, 1.807) is 42.6 Å². The van der Waals surface area contributed by atoms with Gasteiger partial charge in [-0.25, -0.2) is 17.4 Å². The van der Waals surface area contributed by atoms with Gasteiger partial charge in [0.15, 0.2) is 11.4 Å². The Kier molecular flexibility index (Phi) is 5.25. The van der Waals surface area contributed by atoms with Gasteiger partial charge < -0.3 is 9.30 Å². The average molecular weight is 474 g/mol. The van der Waals surface area contributed by atoms with E-state index in [0.717, 1.165) is 22.0 Å². The number of nitrogens with zero attached hydrogens (tertiary/aromatic N) is 3. The third-order valence-electron chi connectivity index (χ3n) is 5.76. The normalized spacial score (nSPS) is 11.9.